The van der Waals surface area contributed by atoms with Crippen molar-refractivity contribution in [3.05, 3.63) is 0 Å². The Balaban J connectivity index is 1.49. The molecule has 0 aromatic heterocycles. The van der Waals surface area contributed by atoms with Crippen LogP contribution in [0.5, 0.6) is 0 Å². The Morgan fingerprint density at radius 3 is 2.74 bits per heavy atom. The Labute approximate surface area is 117 Å². The van der Waals surface area contributed by atoms with Crippen molar-refractivity contribution in [2.75, 3.05) is 26.2 Å². The lowest BCUT2D eigenvalue weighted by molar-refractivity contribution is 0.0387. The molecule has 3 atom stereocenters. The lowest BCUT2D eigenvalue weighted by Gasteiger charge is -2.38. The Bertz CT molecular complexity index is 340. The predicted octanol–water partition coefficient (Wildman–Crippen LogP) is 2.02. The maximum atomic E-state index is 6.07. The van der Waals surface area contributed by atoms with Crippen molar-refractivity contribution in [1.29, 1.82) is 0 Å². The van der Waals surface area contributed by atoms with Crippen LogP contribution >= 0.6 is 0 Å². The molecule has 0 radical (unpaired) electrons. The summed E-state index contributed by atoms with van der Waals surface area (Å²) in [5.41, 5.74) is 0.368. The smallest absolute Gasteiger partial charge is 0.0759 e. The van der Waals surface area contributed by atoms with E-state index in [9.17, 15) is 0 Å². The summed E-state index contributed by atoms with van der Waals surface area (Å²) in [5.74, 6) is 1.81. The van der Waals surface area contributed by atoms with Gasteiger partial charge in [-0.1, -0.05) is 0 Å². The van der Waals surface area contributed by atoms with E-state index in [1.54, 1.807) is 0 Å². The zero-order valence-corrected chi connectivity index (χ0v) is 12.2. The highest BCUT2D eigenvalue weighted by Crippen LogP contribution is 2.43. The summed E-state index contributed by atoms with van der Waals surface area (Å²) in [5, 5.41) is 3.85. The minimum Gasteiger partial charge on any atom is -0.376 e. The van der Waals surface area contributed by atoms with Crippen LogP contribution in [0.15, 0.2) is 0 Å². The van der Waals surface area contributed by atoms with E-state index >= 15 is 0 Å². The summed E-state index contributed by atoms with van der Waals surface area (Å²) in [6.07, 6.45) is 8.81. The number of hydrogen-bond acceptors (Lipinski definition) is 3. The van der Waals surface area contributed by atoms with Crippen molar-refractivity contribution >= 4 is 0 Å². The largest absolute Gasteiger partial charge is 0.376 e. The fourth-order valence-corrected chi connectivity index (χ4v) is 4.36. The van der Waals surface area contributed by atoms with E-state index in [-0.39, 0.29) is 0 Å². The van der Waals surface area contributed by atoms with Crippen LogP contribution in [-0.2, 0) is 4.74 Å². The van der Waals surface area contributed by atoms with Gasteiger partial charge in [0.05, 0.1) is 6.10 Å². The van der Waals surface area contributed by atoms with Gasteiger partial charge in [0.1, 0.15) is 0 Å². The number of ether oxygens (including phenoxy) is 1. The van der Waals surface area contributed by atoms with E-state index in [2.05, 4.69) is 17.1 Å². The van der Waals surface area contributed by atoms with Crippen LogP contribution < -0.4 is 5.32 Å². The molecule has 2 saturated carbocycles. The highest BCUT2D eigenvalue weighted by atomic mass is 16.5. The highest BCUT2D eigenvalue weighted by molar-refractivity contribution is 5.04. The SMILES string of the molecule is CC1(C2CC2)CN(C2CCOC2C2CC2)CCCN1. The first-order chi connectivity index (χ1) is 9.26. The van der Waals surface area contributed by atoms with Crippen LogP contribution in [0, 0.1) is 11.8 Å². The molecule has 19 heavy (non-hydrogen) atoms. The van der Waals surface area contributed by atoms with Crippen LogP contribution in [0.25, 0.3) is 0 Å². The predicted molar refractivity (Wildman–Crippen MR) is 76.2 cm³/mol. The maximum absolute atomic E-state index is 6.07. The van der Waals surface area contributed by atoms with Crippen LogP contribution in [0.2, 0.25) is 0 Å². The lowest BCUT2D eigenvalue weighted by Crippen LogP contribution is -2.54. The second-order valence-corrected chi connectivity index (χ2v) is 7.47. The van der Waals surface area contributed by atoms with E-state index in [1.807, 2.05) is 0 Å². The molecule has 4 rings (SSSR count). The summed E-state index contributed by atoms with van der Waals surface area (Å²) < 4.78 is 6.07. The highest BCUT2D eigenvalue weighted by Gasteiger charge is 2.47. The number of nitrogens with zero attached hydrogens (tertiary/aromatic N) is 1. The van der Waals surface area contributed by atoms with E-state index in [0.717, 1.165) is 18.4 Å². The second-order valence-electron chi connectivity index (χ2n) is 7.47. The molecule has 0 aromatic carbocycles. The van der Waals surface area contributed by atoms with Gasteiger partial charge in [-0.2, -0.15) is 0 Å². The maximum Gasteiger partial charge on any atom is 0.0759 e. The van der Waals surface area contributed by atoms with E-state index in [0.29, 0.717) is 17.7 Å². The third-order valence-electron chi connectivity index (χ3n) is 5.82. The van der Waals surface area contributed by atoms with Gasteiger partial charge in [0.25, 0.3) is 0 Å². The van der Waals surface area contributed by atoms with Gasteiger partial charge in [-0.05, 0) is 70.4 Å². The third kappa shape index (κ3) is 2.45. The van der Waals surface area contributed by atoms with Gasteiger partial charge in [0, 0.05) is 24.7 Å². The minimum atomic E-state index is 0.368. The minimum absolute atomic E-state index is 0.368. The molecule has 2 saturated heterocycles. The van der Waals surface area contributed by atoms with E-state index in [4.69, 9.17) is 4.74 Å². The fraction of sp³-hybridized carbons (Fsp3) is 1.00. The van der Waals surface area contributed by atoms with E-state index < -0.39 is 0 Å². The van der Waals surface area contributed by atoms with Crippen molar-refractivity contribution in [2.45, 2.75) is 63.1 Å². The van der Waals surface area contributed by atoms with Gasteiger partial charge in [0.2, 0.25) is 0 Å². The molecule has 3 heteroatoms. The van der Waals surface area contributed by atoms with Gasteiger partial charge in [0.15, 0.2) is 0 Å². The topological polar surface area (TPSA) is 24.5 Å². The summed E-state index contributed by atoms with van der Waals surface area (Å²) in [7, 11) is 0. The quantitative estimate of drug-likeness (QED) is 0.844. The van der Waals surface area contributed by atoms with Gasteiger partial charge in [-0.15, -0.1) is 0 Å². The van der Waals surface area contributed by atoms with Crippen molar-refractivity contribution < 1.29 is 4.74 Å². The molecule has 0 bridgehead atoms. The van der Waals surface area contributed by atoms with Crippen LogP contribution in [0.4, 0.5) is 0 Å². The van der Waals surface area contributed by atoms with Crippen molar-refractivity contribution in [3.8, 4) is 0 Å². The molecule has 1 N–H and O–H groups in total. The molecule has 2 heterocycles. The summed E-state index contributed by atoms with van der Waals surface area (Å²) >= 11 is 0. The Morgan fingerprint density at radius 2 is 2.00 bits per heavy atom. The van der Waals surface area contributed by atoms with Crippen molar-refractivity contribution in [1.82, 2.24) is 10.2 Å². The van der Waals surface area contributed by atoms with Crippen molar-refractivity contribution in [2.24, 2.45) is 11.8 Å². The Kier molecular flexibility index (Phi) is 3.13. The number of nitrogens with one attached hydrogen (secondary N) is 1. The lowest BCUT2D eigenvalue weighted by atomic mass is 9.93. The van der Waals surface area contributed by atoms with Gasteiger partial charge < -0.3 is 10.1 Å². The second kappa shape index (κ2) is 4.71. The zero-order chi connectivity index (χ0) is 12.9. The van der Waals surface area contributed by atoms with Crippen LogP contribution in [-0.4, -0.2) is 48.8 Å². The number of hydrogen-bond donors (Lipinski definition) is 1. The molecule has 2 aliphatic carbocycles. The molecule has 0 spiro atoms. The molecule has 3 nitrogen and oxygen atoms in total. The third-order valence-corrected chi connectivity index (χ3v) is 5.82. The molecule has 2 aliphatic heterocycles. The van der Waals surface area contributed by atoms with Gasteiger partial charge >= 0.3 is 0 Å². The standard InChI is InChI=1S/C16H28N2O/c1-16(13-5-6-13)11-18(9-2-8-17-16)14-7-10-19-15(14)12-3-4-12/h12-15,17H,2-11H2,1H3. The van der Waals surface area contributed by atoms with E-state index in [1.165, 1.54) is 58.2 Å². The summed E-state index contributed by atoms with van der Waals surface area (Å²) in [4.78, 5) is 2.79. The Morgan fingerprint density at radius 1 is 1.16 bits per heavy atom. The molecule has 0 amide bonds. The number of rotatable bonds is 3. The first kappa shape index (κ1) is 12.6. The monoisotopic (exact) mass is 264 g/mol. The molecular formula is C16H28N2O. The zero-order valence-electron chi connectivity index (χ0n) is 12.2. The Hall–Kier alpha value is -0.120. The summed E-state index contributed by atoms with van der Waals surface area (Å²) in [6.45, 7) is 7.17. The van der Waals surface area contributed by atoms with Gasteiger partial charge in [-0.25, -0.2) is 0 Å². The molecule has 108 valence electrons. The molecular weight excluding hydrogens is 236 g/mol. The average Bonchev–Trinajstić information content (AvgIpc) is 3.28. The van der Waals surface area contributed by atoms with Crippen LogP contribution in [0.1, 0.15) is 45.4 Å². The van der Waals surface area contributed by atoms with Gasteiger partial charge in [-0.3, -0.25) is 4.90 Å². The van der Waals surface area contributed by atoms with Crippen molar-refractivity contribution in [3.63, 3.8) is 0 Å². The molecule has 0 aromatic rings. The first-order valence-electron chi connectivity index (χ1n) is 8.37. The molecule has 3 unspecified atom stereocenters. The molecule has 4 aliphatic rings. The first-order valence-corrected chi connectivity index (χ1v) is 8.37. The normalized spacial score (nSPS) is 45.3. The molecule has 4 fully saturated rings. The summed E-state index contributed by atoms with van der Waals surface area (Å²) in [6, 6.07) is 0.713. The average molecular weight is 264 g/mol. The fourth-order valence-electron chi connectivity index (χ4n) is 4.36. The van der Waals surface area contributed by atoms with Crippen LogP contribution in [0.3, 0.4) is 0 Å².